The second kappa shape index (κ2) is 11.1. The van der Waals surface area contributed by atoms with Gasteiger partial charge in [0.2, 0.25) is 0 Å². The summed E-state index contributed by atoms with van der Waals surface area (Å²) >= 11 is 0. The molecule has 0 aliphatic carbocycles. The van der Waals surface area contributed by atoms with E-state index in [4.69, 9.17) is 14.0 Å². The van der Waals surface area contributed by atoms with Gasteiger partial charge in [0.15, 0.2) is 0 Å². The van der Waals surface area contributed by atoms with Gasteiger partial charge in [0.05, 0.1) is 0 Å². The van der Waals surface area contributed by atoms with Crippen molar-refractivity contribution in [1.82, 2.24) is 0 Å². The van der Waals surface area contributed by atoms with Crippen LogP contribution in [0.25, 0.3) is 0 Å². The van der Waals surface area contributed by atoms with E-state index in [1.165, 1.54) is 4.90 Å². The Morgan fingerprint density at radius 2 is 1.09 bits per heavy atom. The van der Waals surface area contributed by atoms with E-state index in [-0.39, 0.29) is 10.9 Å². The van der Waals surface area contributed by atoms with Crippen molar-refractivity contribution in [2.45, 2.75) is 45.5 Å². The van der Waals surface area contributed by atoms with Crippen molar-refractivity contribution in [2.24, 2.45) is 0 Å². The zero-order valence-corrected chi connectivity index (χ0v) is 26.9. The van der Waals surface area contributed by atoms with Crippen molar-refractivity contribution in [3.05, 3.63) is 132 Å². The number of hydrogen-bond donors (Lipinski definition) is 0. The molecule has 45 heavy (non-hydrogen) atoms. The number of amides is 1. The molecule has 6 rings (SSSR count). The Labute approximate surface area is 263 Å². The number of rotatable bonds is 7. The third-order valence-electron chi connectivity index (χ3n) is 8.42. The van der Waals surface area contributed by atoms with Gasteiger partial charge in [-0.05, 0) is 0 Å². The maximum atomic E-state index is 15.0. The molecule has 0 fully saturated rings. The van der Waals surface area contributed by atoms with Gasteiger partial charge >= 0.3 is 264 Å². The number of ether oxygens (including phenoxy) is 2. The average Bonchev–Trinajstić information content (AvgIpc) is 3.47. The Morgan fingerprint density at radius 3 is 1.56 bits per heavy atom. The molecule has 8 heteroatoms. The molecular weight excluding hydrogens is 585 g/mol. The third-order valence-corrected chi connectivity index (χ3v) is 14.2. The number of esters is 2. The number of nitrogens with zero attached hydrogens (tertiary/aromatic N) is 1. The summed E-state index contributed by atoms with van der Waals surface area (Å²) in [5, 5.41) is 1.93. The summed E-state index contributed by atoms with van der Waals surface area (Å²) in [6.45, 7) is 2.15. The monoisotopic (exact) mass is 621 g/mol. The van der Waals surface area contributed by atoms with Gasteiger partial charge in [0, 0.05) is 0 Å². The first-order chi connectivity index (χ1) is 21.6. The molecule has 0 N–H and O–H groups in total. The normalized spacial score (nSPS) is 20.6. The fourth-order valence-corrected chi connectivity index (χ4v) is 13.0. The van der Waals surface area contributed by atoms with Crippen molar-refractivity contribution < 1.29 is 28.4 Å². The first-order valence-corrected chi connectivity index (χ1v) is 17.2. The molecule has 0 aromatic heterocycles. The second-order valence-electron chi connectivity index (χ2n) is 11.8. The molecule has 0 radical (unpaired) electrons. The Hall–Kier alpha value is -4.58. The van der Waals surface area contributed by atoms with E-state index in [2.05, 4.69) is 0 Å². The molecular formula is C37H36NO6P. The standard InChI is InChI=1S/C37H36NO6P/c1-25(2)42-34(39)32-33(35(40)43-26(3)4)45(27-17-9-6-10-18-27,28-19-11-7-12-20-28,29-21-13-8-14-22-29)44-37(32)30-23-15-16-24-31(30)38(5)36(37)41/h6-26H,1-5H3. The van der Waals surface area contributed by atoms with E-state index in [0.29, 0.717) is 27.2 Å². The zero-order valence-electron chi connectivity index (χ0n) is 26.0. The van der Waals surface area contributed by atoms with E-state index < -0.39 is 42.5 Å². The minimum atomic E-state index is -4.82. The van der Waals surface area contributed by atoms with Crippen LogP contribution in [0.3, 0.4) is 0 Å². The van der Waals surface area contributed by atoms with Crippen molar-refractivity contribution in [2.75, 3.05) is 11.9 Å². The van der Waals surface area contributed by atoms with E-state index in [9.17, 15) is 14.4 Å². The van der Waals surface area contributed by atoms with Gasteiger partial charge in [-0.25, -0.2) is 0 Å². The SMILES string of the molecule is CC(C)OC(=O)C1=C(C(=O)OC(C)C)P(c2ccccc2)(c2ccccc2)(c2ccccc2)OC12C(=O)N(C)c1ccccc12. The molecule has 2 aliphatic heterocycles. The number of anilines is 1. The Morgan fingerprint density at radius 1 is 0.667 bits per heavy atom. The van der Waals surface area contributed by atoms with E-state index in [0.717, 1.165) is 0 Å². The number of hydrogen-bond acceptors (Lipinski definition) is 6. The van der Waals surface area contributed by atoms with Crippen molar-refractivity contribution in [3.8, 4) is 0 Å². The quantitative estimate of drug-likeness (QED) is 0.201. The summed E-state index contributed by atoms with van der Waals surface area (Å²) in [7, 11) is 1.65. The molecule has 7 nitrogen and oxygen atoms in total. The molecule has 4 aromatic carbocycles. The Kier molecular flexibility index (Phi) is 7.51. The Bertz CT molecular complexity index is 1720. The van der Waals surface area contributed by atoms with Crippen molar-refractivity contribution in [3.63, 3.8) is 0 Å². The van der Waals surface area contributed by atoms with Gasteiger partial charge in [-0.1, -0.05) is 0 Å². The van der Waals surface area contributed by atoms with Crippen LogP contribution in [0.15, 0.2) is 126 Å². The van der Waals surface area contributed by atoms with Crippen molar-refractivity contribution >= 4 is 46.3 Å². The summed E-state index contributed by atoms with van der Waals surface area (Å²) in [5.74, 6) is -2.05. The van der Waals surface area contributed by atoms with E-state index >= 15 is 0 Å². The minimum absolute atomic E-state index is 0.00223. The topological polar surface area (TPSA) is 82.1 Å². The van der Waals surface area contributed by atoms with Gasteiger partial charge in [-0.15, -0.1) is 0 Å². The number of carbonyl (C=O) groups excluding carboxylic acids is 3. The Balaban J connectivity index is 1.95. The van der Waals surface area contributed by atoms with Gasteiger partial charge in [-0.3, -0.25) is 0 Å². The molecule has 1 unspecified atom stereocenters. The molecule has 1 spiro atoms. The molecule has 4 aromatic rings. The summed E-state index contributed by atoms with van der Waals surface area (Å²) in [6.07, 6.45) is -1.09. The number of fused-ring (bicyclic) bond motifs is 2. The van der Waals surface area contributed by atoms with Gasteiger partial charge in [0.25, 0.3) is 0 Å². The summed E-state index contributed by atoms with van der Waals surface area (Å²) in [5.41, 5.74) is -1.15. The predicted octanol–water partition coefficient (Wildman–Crippen LogP) is 5.49. The fourth-order valence-electron chi connectivity index (χ4n) is 6.79. The molecule has 230 valence electrons. The van der Waals surface area contributed by atoms with Crippen LogP contribution >= 0.6 is 6.83 Å². The second-order valence-corrected chi connectivity index (χ2v) is 16.1. The van der Waals surface area contributed by atoms with E-state index in [1.807, 2.05) is 103 Å². The van der Waals surface area contributed by atoms with Gasteiger partial charge < -0.3 is 0 Å². The third kappa shape index (κ3) is 4.14. The van der Waals surface area contributed by atoms with Crippen LogP contribution in [-0.4, -0.2) is 37.1 Å². The predicted molar refractivity (Wildman–Crippen MR) is 177 cm³/mol. The van der Waals surface area contributed by atoms with Crippen LogP contribution in [0, 0.1) is 0 Å². The van der Waals surface area contributed by atoms with Gasteiger partial charge in [0.1, 0.15) is 0 Å². The molecule has 1 amide bonds. The molecule has 2 heterocycles. The molecule has 1 atom stereocenters. The van der Waals surface area contributed by atoms with Crippen LogP contribution in [0.4, 0.5) is 5.69 Å². The first-order valence-electron chi connectivity index (χ1n) is 15.0. The number of carbonyl (C=O) groups is 3. The van der Waals surface area contributed by atoms with Crippen LogP contribution in [0.5, 0.6) is 0 Å². The maximum absolute atomic E-state index is 15.0. The number of likely N-dealkylation sites (N-methyl/N-ethyl adjacent to an activating group) is 1. The zero-order chi connectivity index (χ0) is 32.0. The summed E-state index contributed by atoms with van der Waals surface area (Å²) in [6, 6.07) is 35.5. The molecule has 0 saturated carbocycles. The van der Waals surface area contributed by atoms with Crippen molar-refractivity contribution in [1.29, 1.82) is 0 Å². The number of para-hydroxylation sites is 1. The first kappa shape index (κ1) is 30.4. The fraction of sp³-hybridized carbons (Fsp3) is 0.216. The van der Waals surface area contributed by atoms with Crippen LogP contribution < -0.4 is 20.8 Å². The van der Waals surface area contributed by atoms with Crippen LogP contribution in [-0.2, 0) is 34.0 Å². The average molecular weight is 622 g/mol. The summed E-state index contributed by atoms with van der Waals surface area (Å²) < 4.78 is 19.7. The van der Waals surface area contributed by atoms with Crippen LogP contribution in [0.2, 0.25) is 0 Å². The van der Waals surface area contributed by atoms with E-state index in [1.54, 1.807) is 46.9 Å². The van der Waals surface area contributed by atoms with Crippen LogP contribution in [0.1, 0.15) is 33.3 Å². The molecule has 0 bridgehead atoms. The summed E-state index contributed by atoms with van der Waals surface area (Å²) in [4.78, 5) is 46.1. The number of benzene rings is 4. The van der Waals surface area contributed by atoms with Gasteiger partial charge in [-0.2, -0.15) is 0 Å². The molecule has 0 saturated heterocycles. The molecule has 2 aliphatic rings.